The van der Waals surface area contributed by atoms with E-state index in [9.17, 15) is 10.1 Å². The maximum Gasteiger partial charge on any atom is 0.314 e. The number of aromatic amines is 1. The number of nitriles is 1. The summed E-state index contributed by atoms with van der Waals surface area (Å²) in [5, 5.41) is 12.6. The molecule has 1 amide bonds. The Balaban J connectivity index is 0.00000101. The Bertz CT molecular complexity index is 1500. The SMILES string of the molecule is C.N#C[C@@H]1C[C@@H]1COC1=NC2(N3CCC(c4c[nH]c5nccnc45)CC3)CC23CC2C4CC2(C4)NC(=O)C3=N1.[HH].[HH]. The van der Waals surface area contributed by atoms with Crippen LogP contribution in [0.2, 0.25) is 0 Å². The molecule has 2 bridgehead atoms. The minimum absolute atomic E-state index is 0. The van der Waals surface area contributed by atoms with Gasteiger partial charge in [0.1, 0.15) is 16.9 Å². The van der Waals surface area contributed by atoms with Crippen molar-refractivity contribution in [3.8, 4) is 6.07 Å². The Morgan fingerprint density at radius 1 is 1.21 bits per heavy atom. The fourth-order valence-corrected chi connectivity index (χ4v) is 8.66. The van der Waals surface area contributed by atoms with Gasteiger partial charge >= 0.3 is 6.02 Å². The Kier molecular flexibility index (Phi) is 4.62. The number of hydrogen-bond acceptors (Lipinski definition) is 8. The van der Waals surface area contributed by atoms with Crippen LogP contribution in [0.5, 0.6) is 0 Å². The summed E-state index contributed by atoms with van der Waals surface area (Å²) in [7, 11) is 0. The standard InChI is InChI=1S/C28H30N8O2.CH4.2H2/c29-11-16-7-17(16)13-38-25-33-22-24(37)34-27-8-18(9-27)20(27)10-26(22)14-28(26,35-25)36-5-1-15(2-6-36)19-12-32-23-21(19)30-3-4-31-23;;;/h3-4,12,15-18,20H,1-2,5-10,13-14H2,(H,31,32)(H,34,37);1H4;2*1H/t16-,17+,18?,20?,26?,27?,28?;;;/m0.../s1. The summed E-state index contributed by atoms with van der Waals surface area (Å²) in [6.07, 6.45) is 12.5. The van der Waals surface area contributed by atoms with Gasteiger partial charge in [-0.3, -0.25) is 14.7 Å². The number of fused-ring (bicyclic) bond motifs is 1. The van der Waals surface area contributed by atoms with Crippen LogP contribution in [0.3, 0.4) is 0 Å². The molecule has 2 spiro atoms. The third-order valence-corrected chi connectivity index (χ3v) is 11.1. The van der Waals surface area contributed by atoms with Gasteiger partial charge in [0.25, 0.3) is 5.91 Å². The van der Waals surface area contributed by atoms with Crippen LogP contribution in [0, 0.1) is 40.4 Å². The molecule has 5 heterocycles. The zero-order chi connectivity index (χ0) is 25.3. The first-order valence-electron chi connectivity index (χ1n) is 14.1. The molecule has 10 nitrogen and oxygen atoms in total. The number of aromatic nitrogens is 3. The van der Waals surface area contributed by atoms with Crippen molar-refractivity contribution in [2.24, 2.45) is 39.1 Å². The molecule has 3 unspecified atom stereocenters. The maximum absolute atomic E-state index is 13.6. The van der Waals surface area contributed by atoms with E-state index in [4.69, 9.17) is 14.7 Å². The second-order valence-corrected chi connectivity index (χ2v) is 12.8. The monoisotopic (exact) mass is 530 g/mol. The fraction of sp³-hybridized carbons (Fsp3) is 0.655. The molecule has 2 aromatic heterocycles. The Hall–Kier alpha value is -3.32. The summed E-state index contributed by atoms with van der Waals surface area (Å²) in [5.74, 6) is 1.98. The van der Waals surface area contributed by atoms with Crippen LogP contribution < -0.4 is 5.32 Å². The lowest BCUT2D eigenvalue weighted by Gasteiger charge is -2.68. The third kappa shape index (κ3) is 2.97. The summed E-state index contributed by atoms with van der Waals surface area (Å²) < 4.78 is 6.11. The topological polar surface area (TPSA) is 132 Å². The molecule has 0 radical (unpaired) electrons. The van der Waals surface area contributed by atoms with Crippen molar-refractivity contribution in [3.63, 3.8) is 0 Å². The summed E-state index contributed by atoms with van der Waals surface area (Å²) in [6.45, 7) is 2.25. The number of piperidine rings is 1. The van der Waals surface area contributed by atoms with Gasteiger partial charge in [0.15, 0.2) is 5.65 Å². The molecule has 5 saturated carbocycles. The maximum atomic E-state index is 13.6. The van der Waals surface area contributed by atoms with Crippen LogP contribution in [-0.4, -0.2) is 68.4 Å². The summed E-state index contributed by atoms with van der Waals surface area (Å²) in [4.78, 5) is 38.4. The van der Waals surface area contributed by atoms with Gasteiger partial charge in [0.2, 0.25) is 0 Å². The van der Waals surface area contributed by atoms with Crippen LogP contribution in [0.15, 0.2) is 28.6 Å². The van der Waals surface area contributed by atoms with E-state index >= 15 is 0 Å². The first-order chi connectivity index (χ1) is 18.5. The van der Waals surface area contributed by atoms with Crippen LogP contribution in [0.4, 0.5) is 0 Å². The number of amidine groups is 1. The normalized spacial score (nSPS) is 41.5. The molecule has 10 rings (SSSR count). The van der Waals surface area contributed by atoms with Crippen molar-refractivity contribution in [1.29, 1.82) is 5.26 Å². The molecule has 0 aromatic carbocycles. The zero-order valence-electron chi connectivity index (χ0n) is 21.2. The number of amides is 1. The zero-order valence-corrected chi connectivity index (χ0v) is 21.2. The van der Waals surface area contributed by atoms with Crippen molar-refractivity contribution in [2.75, 3.05) is 19.7 Å². The second-order valence-electron chi connectivity index (χ2n) is 12.8. The molecular formula is C29H38N8O2. The third-order valence-electron chi connectivity index (χ3n) is 11.1. The molecule has 5 aliphatic carbocycles. The number of nitrogens with one attached hydrogen (secondary N) is 2. The van der Waals surface area contributed by atoms with Crippen LogP contribution in [0.25, 0.3) is 11.2 Å². The molecule has 2 aromatic rings. The highest BCUT2D eigenvalue weighted by molar-refractivity contribution is 6.44. The number of likely N-dealkylation sites (tertiary alicyclic amines) is 1. The number of carbonyl (C=O) groups excluding carboxylic acids is 1. The average molecular weight is 531 g/mol. The second kappa shape index (κ2) is 7.66. The Morgan fingerprint density at radius 2 is 2.03 bits per heavy atom. The van der Waals surface area contributed by atoms with Gasteiger partial charge in [-0.15, -0.1) is 0 Å². The summed E-state index contributed by atoms with van der Waals surface area (Å²) in [5.41, 5.74) is 2.92. The van der Waals surface area contributed by atoms with E-state index in [0.717, 1.165) is 75.1 Å². The molecule has 10 heteroatoms. The van der Waals surface area contributed by atoms with E-state index in [1.165, 1.54) is 5.56 Å². The quantitative estimate of drug-likeness (QED) is 0.620. The van der Waals surface area contributed by atoms with Crippen molar-refractivity contribution < 1.29 is 12.4 Å². The van der Waals surface area contributed by atoms with Crippen molar-refractivity contribution >= 4 is 28.8 Å². The van der Waals surface area contributed by atoms with Gasteiger partial charge in [-0.2, -0.15) is 10.3 Å². The average Bonchev–Trinajstić information content (AvgIpc) is 3.79. The molecule has 2 saturated heterocycles. The van der Waals surface area contributed by atoms with Gasteiger partial charge in [-0.05, 0) is 56.3 Å². The van der Waals surface area contributed by atoms with Gasteiger partial charge in [-0.25, -0.2) is 9.98 Å². The number of carbonyl (C=O) groups is 1. The van der Waals surface area contributed by atoms with Gasteiger partial charge in [0, 0.05) is 58.0 Å². The van der Waals surface area contributed by atoms with E-state index in [0.29, 0.717) is 30.2 Å². The molecule has 3 aliphatic heterocycles. The molecule has 2 N–H and O–H groups in total. The Morgan fingerprint density at radius 3 is 2.77 bits per heavy atom. The number of aliphatic imine (C=N–C) groups is 2. The fourth-order valence-electron chi connectivity index (χ4n) is 8.66. The lowest BCUT2D eigenvalue weighted by Crippen LogP contribution is -2.74. The number of nitrogens with zero attached hydrogens (tertiary/aromatic N) is 6. The van der Waals surface area contributed by atoms with Gasteiger partial charge in [-0.1, -0.05) is 7.43 Å². The van der Waals surface area contributed by atoms with E-state index in [-0.39, 0.29) is 39.0 Å². The highest BCUT2D eigenvalue weighted by Gasteiger charge is 2.81. The molecular weight excluding hydrogens is 492 g/mol. The van der Waals surface area contributed by atoms with E-state index in [1.807, 2.05) is 0 Å². The predicted molar refractivity (Wildman–Crippen MR) is 148 cm³/mol. The molecule has 5 atom stereocenters. The van der Waals surface area contributed by atoms with Crippen molar-refractivity contribution in [1.82, 2.24) is 25.2 Å². The van der Waals surface area contributed by atoms with Crippen LogP contribution in [-0.2, 0) is 9.53 Å². The van der Waals surface area contributed by atoms with Crippen LogP contribution >= 0.6 is 0 Å². The number of rotatable bonds is 4. The van der Waals surface area contributed by atoms with Gasteiger partial charge < -0.3 is 15.0 Å². The van der Waals surface area contributed by atoms with Crippen molar-refractivity contribution in [2.45, 2.75) is 69.5 Å². The number of hydrogen-bond donors (Lipinski definition) is 2. The van der Waals surface area contributed by atoms with Gasteiger partial charge in [0.05, 0.1) is 24.0 Å². The first-order valence-corrected chi connectivity index (χ1v) is 14.1. The first kappa shape index (κ1) is 23.6. The summed E-state index contributed by atoms with van der Waals surface area (Å²) in [6, 6.07) is 2.66. The van der Waals surface area contributed by atoms with E-state index < -0.39 is 5.66 Å². The highest BCUT2D eigenvalue weighted by atomic mass is 16.5. The minimum Gasteiger partial charge on any atom is -0.463 e. The lowest BCUT2D eigenvalue weighted by atomic mass is 9.41. The smallest absolute Gasteiger partial charge is 0.314 e. The Labute approximate surface area is 230 Å². The summed E-state index contributed by atoms with van der Waals surface area (Å²) >= 11 is 0. The largest absolute Gasteiger partial charge is 0.463 e. The van der Waals surface area contributed by atoms with E-state index in [1.54, 1.807) is 12.4 Å². The van der Waals surface area contributed by atoms with E-state index in [2.05, 4.69) is 37.4 Å². The lowest BCUT2D eigenvalue weighted by molar-refractivity contribution is -0.152. The number of H-pyrrole nitrogens is 1. The molecule has 39 heavy (non-hydrogen) atoms. The minimum atomic E-state index is -0.451. The highest BCUT2D eigenvalue weighted by Crippen LogP contribution is 2.74. The van der Waals surface area contributed by atoms with Crippen LogP contribution in [0.1, 0.15) is 66.7 Å². The molecule has 7 fully saturated rings. The number of ether oxygens (including phenoxy) is 1. The molecule has 8 aliphatic rings. The molecule has 206 valence electrons. The van der Waals surface area contributed by atoms with Crippen molar-refractivity contribution in [3.05, 3.63) is 24.2 Å². The predicted octanol–water partition coefficient (Wildman–Crippen LogP) is 3.64.